The molecule has 0 radical (unpaired) electrons. The van der Waals surface area contributed by atoms with Gasteiger partial charge in [0.1, 0.15) is 6.26 Å². The normalized spacial score (nSPS) is 11.8. The van der Waals surface area contributed by atoms with Crippen molar-refractivity contribution < 1.29 is 4.42 Å². The zero-order valence-corrected chi connectivity index (χ0v) is 9.60. The van der Waals surface area contributed by atoms with E-state index >= 15 is 0 Å². The van der Waals surface area contributed by atoms with Crippen molar-refractivity contribution >= 4 is 5.57 Å². The lowest BCUT2D eigenvalue weighted by molar-refractivity contribution is 0.574. The highest BCUT2D eigenvalue weighted by Gasteiger charge is 2.03. The monoisotopic (exact) mass is 213 g/mol. The molecule has 0 amide bonds. The highest BCUT2D eigenvalue weighted by Crippen LogP contribution is 2.22. The molecule has 2 heteroatoms. The van der Waals surface area contributed by atoms with Gasteiger partial charge >= 0.3 is 0 Å². The minimum absolute atomic E-state index is 0.672. The molecule has 1 heterocycles. The van der Waals surface area contributed by atoms with Crippen LogP contribution in [0.4, 0.5) is 0 Å². The molecule has 1 aromatic heterocycles. The maximum atomic E-state index is 5.28. The molecule has 0 unspecified atom stereocenters. The van der Waals surface area contributed by atoms with Crippen molar-refractivity contribution in [3.63, 3.8) is 0 Å². The minimum atomic E-state index is 0.672. The summed E-state index contributed by atoms with van der Waals surface area (Å²) in [5, 5.41) is 0. The third-order valence-corrected chi connectivity index (χ3v) is 2.51. The van der Waals surface area contributed by atoms with Crippen molar-refractivity contribution in [2.45, 2.75) is 20.3 Å². The van der Waals surface area contributed by atoms with E-state index in [4.69, 9.17) is 4.42 Å². The largest absolute Gasteiger partial charge is 0.445 e. The molecule has 0 N–H and O–H groups in total. The fourth-order valence-electron chi connectivity index (χ4n) is 1.69. The lowest BCUT2D eigenvalue weighted by Gasteiger charge is -2.03. The zero-order valence-electron chi connectivity index (χ0n) is 9.60. The summed E-state index contributed by atoms with van der Waals surface area (Å²) < 4.78 is 5.28. The summed E-state index contributed by atoms with van der Waals surface area (Å²) >= 11 is 0. The van der Waals surface area contributed by atoms with E-state index in [-0.39, 0.29) is 0 Å². The van der Waals surface area contributed by atoms with Gasteiger partial charge in [0.25, 0.3) is 0 Å². The highest BCUT2D eigenvalue weighted by molar-refractivity contribution is 5.68. The van der Waals surface area contributed by atoms with Gasteiger partial charge in [0.05, 0.1) is 6.20 Å². The first-order valence-electron chi connectivity index (χ1n) is 5.48. The second kappa shape index (κ2) is 4.79. The van der Waals surface area contributed by atoms with Crippen LogP contribution >= 0.6 is 0 Å². The number of hydrogen-bond donors (Lipinski definition) is 0. The molecule has 0 spiro atoms. The Labute approximate surface area is 95.6 Å². The Balaban J connectivity index is 2.37. The van der Waals surface area contributed by atoms with Crippen LogP contribution in [0.15, 0.2) is 47.2 Å². The first kappa shape index (κ1) is 10.7. The van der Waals surface area contributed by atoms with Crippen LogP contribution < -0.4 is 0 Å². The predicted octanol–water partition coefficient (Wildman–Crippen LogP) is 4.15. The molecule has 16 heavy (non-hydrogen) atoms. The predicted molar refractivity (Wildman–Crippen MR) is 65.9 cm³/mol. The van der Waals surface area contributed by atoms with Gasteiger partial charge in [0.2, 0.25) is 5.89 Å². The average molecular weight is 213 g/mol. The van der Waals surface area contributed by atoms with Crippen LogP contribution in [-0.2, 0) is 0 Å². The lowest BCUT2D eigenvalue weighted by Crippen LogP contribution is -1.82. The third-order valence-electron chi connectivity index (χ3n) is 2.51. The lowest BCUT2D eigenvalue weighted by atomic mass is 10.0. The van der Waals surface area contributed by atoms with E-state index in [2.05, 4.69) is 37.0 Å². The van der Waals surface area contributed by atoms with Crippen LogP contribution in [-0.4, -0.2) is 4.98 Å². The summed E-state index contributed by atoms with van der Waals surface area (Å²) in [4.78, 5) is 4.15. The van der Waals surface area contributed by atoms with Gasteiger partial charge in [-0.05, 0) is 36.6 Å². The molecule has 0 bridgehead atoms. The summed E-state index contributed by atoms with van der Waals surface area (Å²) in [6.45, 7) is 4.26. The van der Waals surface area contributed by atoms with Crippen LogP contribution in [0.25, 0.3) is 17.0 Å². The molecule has 2 aromatic rings. The number of benzene rings is 1. The molecule has 1 aromatic carbocycles. The Kier molecular flexibility index (Phi) is 3.20. The van der Waals surface area contributed by atoms with E-state index in [0.717, 1.165) is 12.0 Å². The molecule has 0 aliphatic heterocycles. The molecule has 82 valence electrons. The topological polar surface area (TPSA) is 26.0 Å². The van der Waals surface area contributed by atoms with Crippen molar-refractivity contribution in [1.29, 1.82) is 0 Å². The van der Waals surface area contributed by atoms with Gasteiger partial charge in [-0.15, -0.1) is 0 Å². The SMILES string of the molecule is CC/C=C(\C)c1cccc(-c2ncco2)c1. The standard InChI is InChI=1S/C14H15NO/c1-3-5-11(2)12-6-4-7-13(10-12)14-15-8-9-16-14/h4-10H,3H2,1-2H3/b11-5+. The molecule has 0 saturated heterocycles. The van der Waals surface area contributed by atoms with Crippen molar-refractivity contribution in [3.8, 4) is 11.5 Å². The average Bonchev–Trinajstić information content (AvgIpc) is 2.83. The van der Waals surface area contributed by atoms with Crippen molar-refractivity contribution in [1.82, 2.24) is 4.98 Å². The number of rotatable bonds is 3. The Bertz CT molecular complexity index is 483. The van der Waals surface area contributed by atoms with Gasteiger partial charge < -0.3 is 4.42 Å². The summed E-state index contributed by atoms with van der Waals surface area (Å²) in [6, 6.07) is 8.25. The maximum absolute atomic E-state index is 5.28. The van der Waals surface area contributed by atoms with E-state index in [1.54, 1.807) is 12.5 Å². The molecule has 0 atom stereocenters. The van der Waals surface area contributed by atoms with Crippen molar-refractivity contribution in [2.24, 2.45) is 0 Å². The Morgan fingerprint density at radius 3 is 3.00 bits per heavy atom. The molecule has 0 saturated carbocycles. The van der Waals surface area contributed by atoms with E-state index in [1.165, 1.54) is 11.1 Å². The van der Waals surface area contributed by atoms with E-state index < -0.39 is 0 Å². The third kappa shape index (κ3) is 2.22. The molecular weight excluding hydrogens is 198 g/mol. The first-order chi connectivity index (χ1) is 7.81. The van der Waals surface area contributed by atoms with E-state index in [9.17, 15) is 0 Å². The van der Waals surface area contributed by atoms with Crippen molar-refractivity contribution in [2.75, 3.05) is 0 Å². The van der Waals surface area contributed by atoms with Gasteiger partial charge in [0, 0.05) is 5.56 Å². The molecule has 0 aliphatic carbocycles. The van der Waals surface area contributed by atoms with Gasteiger partial charge in [-0.1, -0.05) is 25.1 Å². The summed E-state index contributed by atoms with van der Waals surface area (Å²) in [5.41, 5.74) is 3.53. The maximum Gasteiger partial charge on any atom is 0.225 e. The summed E-state index contributed by atoms with van der Waals surface area (Å²) in [7, 11) is 0. The molecule has 0 fully saturated rings. The van der Waals surface area contributed by atoms with Crippen molar-refractivity contribution in [3.05, 3.63) is 48.4 Å². The fraction of sp³-hybridized carbons (Fsp3) is 0.214. The quantitative estimate of drug-likeness (QED) is 0.765. The van der Waals surface area contributed by atoms with Gasteiger partial charge in [-0.25, -0.2) is 4.98 Å². The number of aromatic nitrogens is 1. The second-order valence-corrected chi connectivity index (χ2v) is 3.71. The van der Waals surface area contributed by atoms with Gasteiger partial charge in [-0.3, -0.25) is 0 Å². The van der Waals surface area contributed by atoms with Crippen LogP contribution in [0.3, 0.4) is 0 Å². The van der Waals surface area contributed by atoms with Crippen LogP contribution in [0.2, 0.25) is 0 Å². The smallest absolute Gasteiger partial charge is 0.225 e. The number of oxazole rings is 1. The van der Waals surface area contributed by atoms with Gasteiger partial charge in [0.15, 0.2) is 0 Å². The minimum Gasteiger partial charge on any atom is -0.445 e. The van der Waals surface area contributed by atoms with Gasteiger partial charge in [-0.2, -0.15) is 0 Å². The highest BCUT2D eigenvalue weighted by atomic mass is 16.3. The Morgan fingerprint density at radius 2 is 2.31 bits per heavy atom. The first-order valence-corrected chi connectivity index (χ1v) is 5.48. The molecular formula is C14H15NO. The Hall–Kier alpha value is -1.83. The van der Waals surface area contributed by atoms with E-state index in [1.807, 2.05) is 12.1 Å². The Morgan fingerprint density at radius 1 is 1.44 bits per heavy atom. The molecule has 2 rings (SSSR count). The number of nitrogens with zero attached hydrogens (tertiary/aromatic N) is 1. The zero-order chi connectivity index (χ0) is 11.4. The number of allylic oxidation sites excluding steroid dienone is 2. The fourth-order valence-corrected chi connectivity index (χ4v) is 1.69. The number of hydrogen-bond acceptors (Lipinski definition) is 2. The molecule has 2 nitrogen and oxygen atoms in total. The summed E-state index contributed by atoms with van der Waals surface area (Å²) in [6.07, 6.45) is 6.53. The van der Waals surface area contributed by atoms with Crippen LogP contribution in [0.1, 0.15) is 25.8 Å². The van der Waals surface area contributed by atoms with Crippen LogP contribution in [0.5, 0.6) is 0 Å². The second-order valence-electron chi connectivity index (χ2n) is 3.71. The molecule has 0 aliphatic rings. The van der Waals surface area contributed by atoms with E-state index in [0.29, 0.717) is 5.89 Å². The summed E-state index contributed by atoms with van der Waals surface area (Å²) in [5.74, 6) is 0.672. The van der Waals surface area contributed by atoms with Crippen LogP contribution in [0, 0.1) is 0 Å².